The van der Waals surface area contributed by atoms with Gasteiger partial charge in [-0.3, -0.25) is 20.4 Å². The van der Waals surface area contributed by atoms with Crippen molar-refractivity contribution in [2.24, 2.45) is 0 Å². The van der Waals surface area contributed by atoms with Crippen LogP contribution in [-0.4, -0.2) is 23.5 Å². The van der Waals surface area contributed by atoms with E-state index in [9.17, 15) is 9.59 Å². The SMILES string of the molecule is Cc1cc(OCC(=O)NNC(=S)NC(=O)Cc2cccc3ccccc23)cc(C)c1Cl. The summed E-state index contributed by atoms with van der Waals surface area (Å²) in [5, 5.41) is 5.29. The van der Waals surface area contributed by atoms with E-state index >= 15 is 0 Å². The predicted molar refractivity (Wildman–Crippen MR) is 126 cm³/mol. The van der Waals surface area contributed by atoms with Gasteiger partial charge in [-0.2, -0.15) is 0 Å². The van der Waals surface area contributed by atoms with E-state index in [1.807, 2.05) is 56.3 Å². The summed E-state index contributed by atoms with van der Waals surface area (Å²) in [7, 11) is 0. The maximum absolute atomic E-state index is 12.3. The van der Waals surface area contributed by atoms with Gasteiger partial charge in [0.1, 0.15) is 5.75 Å². The third kappa shape index (κ3) is 6.16. The summed E-state index contributed by atoms with van der Waals surface area (Å²) in [5.74, 6) is -0.192. The number of benzene rings is 3. The lowest BCUT2D eigenvalue weighted by molar-refractivity contribution is -0.124. The van der Waals surface area contributed by atoms with Gasteiger partial charge in [-0.15, -0.1) is 0 Å². The first-order chi connectivity index (χ1) is 14.8. The van der Waals surface area contributed by atoms with Gasteiger partial charge >= 0.3 is 0 Å². The Kier molecular flexibility index (Phi) is 7.44. The van der Waals surface area contributed by atoms with E-state index in [0.717, 1.165) is 27.5 Å². The van der Waals surface area contributed by atoms with Crippen molar-refractivity contribution < 1.29 is 14.3 Å². The molecule has 0 unspecified atom stereocenters. The summed E-state index contributed by atoms with van der Waals surface area (Å²) in [6.45, 7) is 3.51. The molecule has 0 radical (unpaired) electrons. The molecule has 2 amide bonds. The molecule has 3 aromatic carbocycles. The molecule has 160 valence electrons. The van der Waals surface area contributed by atoms with Crippen LogP contribution in [0.1, 0.15) is 16.7 Å². The van der Waals surface area contributed by atoms with Crippen LogP contribution < -0.4 is 20.9 Å². The molecule has 0 saturated heterocycles. The third-order valence-electron chi connectivity index (χ3n) is 4.58. The minimum absolute atomic E-state index is 0.00299. The summed E-state index contributed by atoms with van der Waals surface area (Å²) in [4.78, 5) is 24.3. The fourth-order valence-electron chi connectivity index (χ4n) is 3.12. The lowest BCUT2D eigenvalue weighted by Gasteiger charge is -2.13. The van der Waals surface area contributed by atoms with Crippen LogP contribution in [0.2, 0.25) is 5.02 Å². The van der Waals surface area contributed by atoms with Gasteiger partial charge in [-0.05, 0) is 65.7 Å². The fourth-order valence-corrected chi connectivity index (χ4v) is 3.40. The second kappa shape index (κ2) is 10.2. The highest BCUT2D eigenvalue weighted by Crippen LogP contribution is 2.25. The van der Waals surface area contributed by atoms with Crippen molar-refractivity contribution in [3.8, 4) is 5.75 Å². The molecule has 0 atom stereocenters. The number of halogens is 1. The van der Waals surface area contributed by atoms with Crippen LogP contribution in [0, 0.1) is 13.8 Å². The van der Waals surface area contributed by atoms with E-state index in [0.29, 0.717) is 10.8 Å². The monoisotopic (exact) mass is 455 g/mol. The zero-order chi connectivity index (χ0) is 22.4. The Morgan fingerprint density at radius 3 is 2.39 bits per heavy atom. The van der Waals surface area contributed by atoms with Crippen molar-refractivity contribution >= 4 is 51.5 Å². The minimum Gasteiger partial charge on any atom is -0.484 e. The van der Waals surface area contributed by atoms with Crippen molar-refractivity contribution in [3.05, 3.63) is 76.3 Å². The maximum atomic E-state index is 12.3. The van der Waals surface area contributed by atoms with Crippen molar-refractivity contribution in [2.45, 2.75) is 20.3 Å². The molecule has 0 fully saturated rings. The lowest BCUT2D eigenvalue weighted by atomic mass is 10.0. The highest BCUT2D eigenvalue weighted by Gasteiger charge is 2.10. The average Bonchev–Trinajstić information content (AvgIpc) is 2.74. The first-order valence-corrected chi connectivity index (χ1v) is 10.4. The molecule has 8 heteroatoms. The molecule has 0 heterocycles. The Bertz CT molecular complexity index is 1120. The molecule has 31 heavy (non-hydrogen) atoms. The maximum Gasteiger partial charge on any atom is 0.276 e. The van der Waals surface area contributed by atoms with Crippen LogP contribution in [0.25, 0.3) is 10.8 Å². The van der Waals surface area contributed by atoms with Crippen molar-refractivity contribution in [1.82, 2.24) is 16.2 Å². The number of hydrazine groups is 1. The number of hydrogen-bond donors (Lipinski definition) is 3. The highest BCUT2D eigenvalue weighted by atomic mass is 35.5. The van der Waals surface area contributed by atoms with E-state index in [1.54, 1.807) is 12.1 Å². The number of thiocarbonyl (C=S) groups is 1. The molecule has 3 rings (SSSR count). The smallest absolute Gasteiger partial charge is 0.276 e. The molecule has 3 aromatic rings. The van der Waals surface area contributed by atoms with Crippen LogP contribution in [0.15, 0.2) is 54.6 Å². The van der Waals surface area contributed by atoms with Gasteiger partial charge in [-0.1, -0.05) is 54.1 Å². The van der Waals surface area contributed by atoms with E-state index in [2.05, 4.69) is 16.2 Å². The van der Waals surface area contributed by atoms with Gasteiger partial charge < -0.3 is 10.1 Å². The van der Waals surface area contributed by atoms with Gasteiger partial charge in [0.15, 0.2) is 11.7 Å². The van der Waals surface area contributed by atoms with Crippen LogP contribution >= 0.6 is 23.8 Å². The molecule has 0 aliphatic carbocycles. The number of aryl methyl sites for hydroxylation is 2. The predicted octanol–water partition coefficient (Wildman–Crippen LogP) is 3.75. The highest BCUT2D eigenvalue weighted by molar-refractivity contribution is 7.80. The summed E-state index contributed by atoms with van der Waals surface area (Å²) < 4.78 is 5.48. The van der Waals surface area contributed by atoms with Crippen molar-refractivity contribution in [1.29, 1.82) is 0 Å². The Hall–Kier alpha value is -3.16. The molecule has 0 bridgehead atoms. The van der Waals surface area contributed by atoms with Crippen LogP contribution in [0.3, 0.4) is 0 Å². The second-order valence-corrected chi connectivity index (χ2v) is 7.81. The summed E-state index contributed by atoms with van der Waals surface area (Å²) in [6.07, 6.45) is 0.162. The number of fused-ring (bicyclic) bond motifs is 1. The molecule has 3 N–H and O–H groups in total. The normalized spacial score (nSPS) is 10.4. The zero-order valence-electron chi connectivity index (χ0n) is 17.1. The average molecular weight is 456 g/mol. The number of rotatable bonds is 5. The zero-order valence-corrected chi connectivity index (χ0v) is 18.7. The number of amides is 2. The van der Waals surface area contributed by atoms with E-state index in [4.69, 9.17) is 28.6 Å². The number of carbonyl (C=O) groups excluding carboxylic acids is 2. The van der Waals surface area contributed by atoms with Gasteiger partial charge in [0.25, 0.3) is 5.91 Å². The largest absolute Gasteiger partial charge is 0.484 e. The standard InChI is InChI=1S/C23H22ClN3O3S/c1-14-10-18(11-15(2)22(14)24)30-13-21(29)26-27-23(31)25-20(28)12-17-8-5-7-16-6-3-4-9-19(16)17/h3-11H,12-13H2,1-2H3,(H,26,29)(H2,25,27,28,31). The Morgan fingerprint density at radius 2 is 1.65 bits per heavy atom. The molecule has 0 aliphatic rings. The van der Waals surface area contributed by atoms with Gasteiger partial charge in [0.2, 0.25) is 5.91 Å². The Balaban J connectivity index is 1.45. The number of hydrogen-bond acceptors (Lipinski definition) is 4. The van der Waals surface area contributed by atoms with E-state index in [-0.39, 0.29) is 24.0 Å². The number of nitrogens with one attached hydrogen (secondary N) is 3. The summed E-state index contributed by atoms with van der Waals surface area (Å²) >= 11 is 11.2. The molecule has 6 nitrogen and oxygen atoms in total. The summed E-state index contributed by atoms with van der Waals surface area (Å²) in [6, 6.07) is 17.2. The van der Waals surface area contributed by atoms with Gasteiger partial charge in [-0.25, -0.2) is 0 Å². The van der Waals surface area contributed by atoms with Crippen molar-refractivity contribution in [2.75, 3.05) is 6.61 Å². The Labute approximate surface area is 190 Å². The first-order valence-electron chi connectivity index (χ1n) is 9.58. The number of carbonyl (C=O) groups is 2. The molecular formula is C23H22ClN3O3S. The molecule has 0 saturated carbocycles. The van der Waals surface area contributed by atoms with Gasteiger partial charge in [0.05, 0.1) is 6.42 Å². The number of ether oxygens (including phenoxy) is 1. The van der Waals surface area contributed by atoms with Crippen LogP contribution in [0.5, 0.6) is 5.75 Å². The topological polar surface area (TPSA) is 79.5 Å². The van der Waals surface area contributed by atoms with Crippen LogP contribution in [-0.2, 0) is 16.0 Å². The van der Waals surface area contributed by atoms with Crippen molar-refractivity contribution in [3.63, 3.8) is 0 Å². The second-order valence-electron chi connectivity index (χ2n) is 7.03. The minimum atomic E-state index is -0.448. The quantitative estimate of drug-likeness (QED) is 0.403. The first kappa shape index (κ1) is 22.5. The van der Waals surface area contributed by atoms with E-state index in [1.165, 1.54) is 0 Å². The van der Waals surface area contributed by atoms with Crippen LogP contribution in [0.4, 0.5) is 0 Å². The Morgan fingerprint density at radius 1 is 0.968 bits per heavy atom. The lowest BCUT2D eigenvalue weighted by Crippen LogP contribution is -2.49. The molecule has 0 aromatic heterocycles. The molecule has 0 spiro atoms. The summed E-state index contributed by atoms with van der Waals surface area (Å²) in [5.41, 5.74) is 7.52. The molecule has 0 aliphatic heterocycles. The van der Waals surface area contributed by atoms with Gasteiger partial charge in [0, 0.05) is 5.02 Å². The third-order valence-corrected chi connectivity index (χ3v) is 5.38. The molecular weight excluding hydrogens is 434 g/mol. The fraction of sp³-hybridized carbons (Fsp3) is 0.174. The van der Waals surface area contributed by atoms with E-state index < -0.39 is 5.91 Å².